The minimum atomic E-state index is -0.0786. The van der Waals surface area contributed by atoms with Gasteiger partial charge in [0.2, 0.25) is 0 Å². The fourth-order valence-corrected chi connectivity index (χ4v) is 3.47. The van der Waals surface area contributed by atoms with Crippen LogP contribution in [0.15, 0.2) is 42.6 Å². The first-order valence-corrected chi connectivity index (χ1v) is 9.69. The minimum Gasteiger partial charge on any atom is -0.358 e. The van der Waals surface area contributed by atoms with Gasteiger partial charge in [-0.2, -0.15) is 0 Å². The van der Waals surface area contributed by atoms with E-state index in [-0.39, 0.29) is 5.91 Å². The van der Waals surface area contributed by atoms with Crippen molar-refractivity contribution in [3.05, 3.63) is 59.4 Å². The molecular weight excluding hydrogens is 336 g/mol. The lowest BCUT2D eigenvalue weighted by atomic mass is 10.1. The molecule has 1 amide bonds. The Labute approximate surface area is 160 Å². The Hall–Kier alpha value is -2.82. The summed E-state index contributed by atoms with van der Waals surface area (Å²) in [6.45, 7) is 8.83. The Kier molecular flexibility index (Phi) is 6.12. The number of nitrogens with one attached hydrogen (secondary N) is 2. The third-order valence-electron chi connectivity index (χ3n) is 4.90. The number of rotatable bonds is 8. The van der Waals surface area contributed by atoms with Crippen LogP contribution in [0, 0.1) is 6.92 Å². The van der Waals surface area contributed by atoms with Gasteiger partial charge in [-0.15, -0.1) is 0 Å². The van der Waals surface area contributed by atoms with Crippen molar-refractivity contribution < 1.29 is 4.79 Å². The Morgan fingerprint density at radius 1 is 1.19 bits per heavy atom. The van der Waals surface area contributed by atoms with Crippen molar-refractivity contribution in [1.82, 2.24) is 15.3 Å². The summed E-state index contributed by atoms with van der Waals surface area (Å²) in [5.41, 5.74) is 4.16. The van der Waals surface area contributed by atoms with Crippen LogP contribution in [-0.2, 0) is 6.42 Å². The number of pyridine rings is 1. The van der Waals surface area contributed by atoms with Gasteiger partial charge in [-0.1, -0.05) is 25.1 Å². The van der Waals surface area contributed by atoms with E-state index in [1.165, 1.54) is 10.9 Å². The third-order valence-corrected chi connectivity index (χ3v) is 4.90. The van der Waals surface area contributed by atoms with E-state index in [0.717, 1.165) is 43.0 Å². The molecule has 0 atom stereocenters. The molecule has 0 aliphatic rings. The molecule has 2 N–H and O–H groups in total. The number of H-pyrrole nitrogens is 1. The van der Waals surface area contributed by atoms with Gasteiger partial charge < -0.3 is 15.2 Å². The van der Waals surface area contributed by atoms with Crippen molar-refractivity contribution in [2.75, 3.05) is 24.5 Å². The van der Waals surface area contributed by atoms with E-state index in [0.29, 0.717) is 12.1 Å². The van der Waals surface area contributed by atoms with E-state index in [9.17, 15) is 4.79 Å². The van der Waals surface area contributed by atoms with Gasteiger partial charge in [-0.05, 0) is 50.5 Å². The van der Waals surface area contributed by atoms with E-state index in [2.05, 4.69) is 53.1 Å². The number of aromatic amines is 1. The maximum absolute atomic E-state index is 12.4. The first kappa shape index (κ1) is 19.0. The molecule has 2 heterocycles. The van der Waals surface area contributed by atoms with Crippen LogP contribution in [0.3, 0.4) is 0 Å². The third kappa shape index (κ3) is 4.30. The quantitative estimate of drug-likeness (QED) is 0.633. The number of anilines is 1. The summed E-state index contributed by atoms with van der Waals surface area (Å²) in [5.74, 6) is 0.843. The topological polar surface area (TPSA) is 61.0 Å². The van der Waals surface area contributed by atoms with Gasteiger partial charge in [-0.25, -0.2) is 4.98 Å². The van der Waals surface area contributed by atoms with Crippen LogP contribution in [0.2, 0.25) is 0 Å². The molecule has 3 rings (SSSR count). The molecule has 0 saturated heterocycles. The second-order valence-electron chi connectivity index (χ2n) is 6.76. The molecule has 3 aromatic rings. The molecule has 27 heavy (non-hydrogen) atoms. The molecule has 2 aromatic heterocycles. The fraction of sp³-hybridized carbons (Fsp3) is 0.364. The summed E-state index contributed by atoms with van der Waals surface area (Å²) < 4.78 is 0. The second kappa shape index (κ2) is 8.71. The van der Waals surface area contributed by atoms with Gasteiger partial charge in [-0.3, -0.25) is 4.79 Å². The number of fused-ring (bicyclic) bond motifs is 1. The van der Waals surface area contributed by atoms with E-state index >= 15 is 0 Å². The number of hydrogen-bond donors (Lipinski definition) is 2. The van der Waals surface area contributed by atoms with Gasteiger partial charge in [0.15, 0.2) is 0 Å². The maximum Gasteiger partial charge on any atom is 0.252 e. The summed E-state index contributed by atoms with van der Waals surface area (Å²) >= 11 is 0. The Balaban J connectivity index is 1.60. The first-order valence-electron chi connectivity index (χ1n) is 9.69. The van der Waals surface area contributed by atoms with Gasteiger partial charge >= 0.3 is 0 Å². The second-order valence-corrected chi connectivity index (χ2v) is 6.76. The smallest absolute Gasteiger partial charge is 0.252 e. The Morgan fingerprint density at radius 3 is 2.70 bits per heavy atom. The van der Waals surface area contributed by atoms with E-state index < -0.39 is 0 Å². The van der Waals surface area contributed by atoms with Crippen molar-refractivity contribution in [1.29, 1.82) is 0 Å². The number of nitrogens with zero attached hydrogens (tertiary/aromatic N) is 2. The highest BCUT2D eigenvalue weighted by Crippen LogP contribution is 2.22. The molecule has 0 spiro atoms. The summed E-state index contributed by atoms with van der Waals surface area (Å²) in [7, 11) is 0. The van der Waals surface area contributed by atoms with Crippen LogP contribution < -0.4 is 10.2 Å². The van der Waals surface area contributed by atoms with E-state index in [1.807, 2.05) is 24.3 Å². The van der Waals surface area contributed by atoms with Crippen molar-refractivity contribution in [3.8, 4) is 0 Å². The average molecular weight is 364 g/mol. The van der Waals surface area contributed by atoms with Crippen molar-refractivity contribution in [2.24, 2.45) is 0 Å². The molecule has 0 fully saturated rings. The number of benzene rings is 1. The fourth-order valence-electron chi connectivity index (χ4n) is 3.47. The molecule has 0 bridgehead atoms. The summed E-state index contributed by atoms with van der Waals surface area (Å²) in [6.07, 6.45) is 3.54. The molecule has 0 unspecified atom stereocenters. The molecule has 0 radical (unpaired) electrons. The van der Waals surface area contributed by atoms with Crippen LogP contribution in [0.5, 0.6) is 0 Å². The number of para-hydroxylation sites is 1. The average Bonchev–Trinajstić information content (AvgIpc) is 3.01. The molecule has 142 valence electrons. The van der Waals surface area contributed by atoms with Crippen LogP contribution in [-0.4, -0.2) is 35.5 Å². The van der Waals surface area contributed by atoms with E-state index in [1.54, 1.807) is 6.20 Å². The summed E-state index contributed by atoms with van der Waals surface area (Å²) in [6, 6.07) is 12.1. The highest BCUT2D eigenvalue weighted by Gasteiger charge is 2.11. The van der Waals surface area contributed by atoms with Crippen LogP contribution in [0.1, 0.15) is 41.9 Å². The number of aromatic nitrogens is 2. The molecule has 1 aromatic carbocycles. The zero-order valence-electron chi connectivity index (χ0n) is 16.4. The van der Waals surface area contributed by atoms with Crippen molar-refractivity contribution >= 4 is 22.6 Å². The van der Waals surface area contributed by atoms with Crippen molar-refractivity contribution in [3.63, 3.8) is 0 Å². The lowest BCUT2D eigenvalue weighted by Gasteiger charge is -2.21. The number of carbonyl (C=O) groups is 1. The van der Waals surface area contributed by atoms with Crippen LogP contribution >= 0.6 is 0 Å². The van der Waals surface area contributed by atoms with Gasteiger partial charge in [0.25, 0.3) is 5.91 Å². The lowest BCUT2D eigenvalue weighted by molar-refractivity contribution is 0.0954. The normalized spacial score (nSPS) is 10.9. The maximum atomic E-state index is 12.4. The largest absolute Gasteiger partial charge is 0.358 e. The molecule has 0 aliphatic heterocycles. The van der Waals surface area contributed by atoms with Gasteiger partial charge in [0, 0.05) is 42.4 Å². The van der Waals surface area contributed by atoms with Gasteiger partial charge in [0.05, 0.1) is 5.56 Å². The summed E-state index contributed by atoms with van der Waals surface area (Å²) in [4.78, 5) is 22.5. The highest BCUT2D eigenvalue weighted by atomic mass is 16.1. The lowest BCUT2D eigenvalue weighted by Crippen LogP contribution is -2.27. The predicted molar refractivity (Wildman–Crippen MR) is 111 cm³/mol. The number of amides is 1. The highest BCUT2D eigenvalue weighted by molar-refractivity contribution is 5.94. The number of aryl methyl sites for hydroxylation is 1. The molecular formula is C22H28N4O. The number of hydrogen-bond acceptors (Lipinski definition) is 3. The van der Waals surface area contributed by atoms with Gasteiger partial charge in [0.1, 0.15) is 5.82 Å². The van der Waals surface area contributed by atoms with Crippen LogP contribution in [0.4, 0.5) is 5.82 Å². The van der Waals surface area contributed by atoms with Crippen molar-refractivity contribution in [2.45, 2.75) is 33.6 Å². The minimum absolute atomic E-state index is 0.0786. The molecule has 0 saturated carbocycles. The van der Waals surface area contributed by atoms with Crippen LogP contribution in [0.25, 0.3) is 10.9 Å². The molecule has 5 heteroatoms. The SMILES string of the molecule is CCCN(CC)c1ccc(C(=O)NCCc2c(C)[nH]c3ccccc23)cn1. The Bertz CT molecular complexity index is 898. The zero-order valence-corrected chi connectivity index (χ0v) is 16.4. The Morgan fingerprint density at radius 2 is 2.00 bits per heavy atom. The number of carbonyl (C=O) groups excluding carboxylic acids is 1. The first-order chi connectivity index (χ1) is 13.1. The predicted octanol–water partition coefficient (Wildman–Crippen LogP) is 4.08. The molecule has 0 aliphatic carbocycles. The molecule has 5 nitrogen and oxygen atoms in total. The standard InChI is InChI=1S/C22H28N4O/c1-4-14-26(5-2)21-11-10-17(15-24-21)22(27)23-13-12-18-16(3)25-20-9-7-6-8-19(18)20/h6-11,15,25H,4-5,12-14H2,1-3H3,(H,23,27). The zero-order chi connectivity index (χ0) is 19.2. The van der Waals surface area contributed by atoms with E-state index in [4.69, 9.17) is 0 Å². The monoisotopic (exact) mass is 364 g/mol. The summed E-state index contributed by atoms with van der Waals surface area (Å²) in [5, 5.41) is 4.24.